The Kier molecular flexibility index (Phi) is 9.40. The lowest BCUT2D eigenvalue weighted by Crippen LogP contribution is -2.47. The molecule has 0 unspecified atom stereocenters. The van der Waals surface area contributed by atoms with Crippen molar-refractivity contribution in [3.8, 4) is 0 Å². The Hall–Kier alpha value is -1.84. The summed E-state index contributed by atoms with van der Waals surface area (Å²) in [6.45, 7) is -0.303. The molecule has 5 nitrogen and oxygen atoms in total. The number of aliphatic hydroxyl groups excluding tert-OH is 4. The molecule has 0 spiro atoms. The van der Waals surface area contributed by atoms with Crippen LogP contribution in [0.4, 0.5) is 0 Å². The van der Waals surface area contributed by atoms with Crippen molar-refractivity contribution < 1.29 is 25.2 Å². The zero-order valence-corrected chi connectivity index (χ0v) is 20.9. The molecular formula is C26H26Br2O5. The quantitative estimate of drug-likeness (QED) is 0.273. The highest BCUT2D eigenvalue weighted by Crippen LogP contribution is 2.40. The third-order valence-electron chi connectivity index (χ3n) is 5.40. The van der Waals surface area contributed by atoms with Crippen LogP contribution in [0.15, 0.2) is 100 Å². The largest absolute Gasteiger partial charge is 0.388 e. The second-order valence-corrected chi connectivity index (χ2v) is 10.4. The standard InChI is InChI=1S/C26H26Br2O5/c27-23(28)16-21(29)24(31)25(32)22(30)17-33-26(18-10-4-1-5-11-18,19-12-6-2-7-13-19)20-14-8-3-9-15-20/h1-16,21-22,24-25,29-32H,17H2/t21-,22+,24+,25-/m0/s1. The molecule has 0 amide bonds. The summed E-state index contributed by atoms with van der Waals surface area (Å²) in [5, 5.41) is 41.5. The molecule has 0 aliphatic carbocycles. The minimum absolute atomic E-state index is 0.303. The van der Waals surface area contributed by atoms with E-state index in [1.54, 1.807) is 0 Å². The maximum absolute atomic E-state index is 10.7. The first kappa shape index (κ1) is 25.8. The van der Waals surface area contributed by atoms with Gasteiger partial charge in [-0.1, -0.05) is 91.0 Å². The van der Waals surface area contributed by atoms with Gasteiger partial charge in [-0.05, 0) is 54.6 Å². The molecule has 33 heavy (non-hydrogen) atoms. The van der Waals surface area contributed by atoms with Gasteiger partial charge >= 0.3 is 0 Å². The summed E-state index contributed by atoms with van der Waals surface area (Å²) < 4.78 is 6.86. The maximum atomic E-state index is 10.7. The molecule has 0 bridgehead atoms. The van der Waals surface area contributed by atoms with E-state index in [9.17, 15) is 20.4 Å². The number of aliphatic hydroxyl groups is 4. The van der Waals surface area contributed by atoms with Gasteiger partial charge in [-0.2, -0.15) is 0 Å². The minimum Gasteiger partial charge on any atom is -0.388 e. The number of benzene rings is 3. The number of hydrogen-bond donors (Lipinski definition) is 4. The van der Waals surface area contributed by atoms with E-state index in [0.717, 1.165) is 16.7 Å². The van der Waals surface area contributed by atoms with Gasteiger partial charge in [0.15, 0.2) is 0 Å². The summed E-state index contributed by atoms with van der Waals surface area (Å²) in [5.74, 6) is 0. The van der Waals surface area contributed by atoms with Gasteiger partial charge in [0, 0.05) is 0 Å². The van der Waals surface area contributed by atoms with Gasteiger partial charge in [0.1, 0.15) is 30.0 Å². The molecule has 0 heterocycles. The summed E-state index contributed by atoms with van der Waals surface area (Å²) in [6, 6.07) is 28.9. The van der Waals surface area contributed by atoms with Gasteiger partial charge in [-0.15, -0.1) is 0 Å². The Morgan fingerprint density at radius 1 is 0.697 bits per heavy atom. The van der Waals surface area contributed by atoms with Crippen molar-refractivity contribution in [3.05, 3.63) is 117 Å². The fourth-order valence-electron chi connectivity index (χ4n) is 3.73. The van der Waals surface area contributed by atoms with Crippen LogP contribution in [0.25, 0.3) is 0 Å². The molecule has 4 atom stereocenters. The third kappa shape index (κ3) is 6.19. The lowest BCUT2D eigenvalue weighted by molar-refractivity contribution is -0.127. The van der Waals surface area contributed by atoms with Crippen molar-refractivity contribution in [3.63, 3.8) is 0 Å². The zero-order chi connectivity index (χ0) is 23.8. The fraction of sp³-hybridized carbons (Fsp3) is 0.231. The average Bonchev–Trinajstić information content (AvgIpc) is 2.85. The highest BCUT2D eigenvalue weighted by Gasteiger charge is 2.39. The summed E-state index contributed by atoms with van der Waals surface area (Å²) >= 11 is 6.20. The highest BCUT2D eigenvalue weighted by molar-refractivity contribution is 9.28. The molecule has 0 radical (unpaired) electrons. The van der Waals surface area contributed by atoms with Crippen LogP contribution < -0.4 is 0 Å². The predicted molar refractivity (Wildman–Crippen MR) is 135 cm³/mol. The van der Waals surface area contributed by atoms with Crippen molar-refractivity contribution in [2.45, 2.75) is 30.0 Å². The monoisotopic (exact) mass is 576 g/mol. The van der Waals surface area contributed by atoms with Crippen LogP contribution in [0.5, 0.6) is 0 Å². The van der Waals surface area contributed by atoms with Crippen LogP contribution in [0, 0.1) is 0 Å². The van der Waals surface area contributed by atoms with Crippen molar-refractivity contribution in [2.75, 3.05) is 6.61 Å². The van der Waals surface area contributed by atoms with Gasteiger partial charge in [0.25, 0.3) is 0 Å². The molecule has 0 saturated carbocycles. The summed E-state index contributed by atoms with van der Waals surface area (Å²) in [6.07, 6.45) is -4.86. The first-order chi connectivity index (χ1) is 15.9. The first-order valence-corrected chi connectivity index (χ1v) is 12.0. The van der Waals surface area contributed by atoms with E-state index >= 15 is 0 Å². The lowest BCUT2D eigenvalue weighted by atomic mass is 9.80. The Balaban J connectivity index is 1.98. The molecular weight excluding hydrogens is 552 g/mol. The zero-order valence-electron chi connectivity index (χ0n) is 17.7. The summed E-state index contributed by atoms with van der Waals surface area (Å²) in [4.78, 5) is 0. The second kappa shape index (κ2) is 12.0. The second-order valence-electron chi connectivity index (χ2n) is 7.59. The third-order valence-corrected chi connectivity index (χ3v) is 5.93. The molecule has 0 saturated heterocycles. The van der Waals surface area contributed by atoms with Crippen LogP contribution in [-0.2, 0) is 10.3 Å². The summed E-state index contributed by atoms with van der Waals surface area (Å²) in [5.41, 5.74) is 1.45. The Morgan fingerprint density at radius 3 is 1.45 bits per heavy atom. The molecule has 4 N–H and O–H groups in total. The van der Waals surface area contributed by atoms with Gasteiger partial charge in [0.05, 0.1) is 10.00 Å². The molecule has 174 valence electrons. The molecule has 3 aromatic carbocycles. The average molecular weight is 578 g/mol. The van der Waals surface area contributed by atoms with E-state index < -0.39 is 30.0 Å². The van der Waals surface area contributed by atoms with Gasteiger partial charge < -0.3 is 25.2 Å². The number of hydrogen-bond acceptors (Lipinski definition) is 5. The lowest BCUT2D eigenvalue weighted by Gasteiger charge is -2.37. The molecule has 7 heteroatoms. The van der Waals surface area contributed by atoms with Crippen LogP contribution >= 0.6 is 31.9 Å². The topological polar surface area (TPSA) is 90.2 Å². The van der Waals surface area contributed by atoms with E-state index in [0.29, 0.717) is 3.39 Å². The Labute approximate surface area is 210 Å². The maximum Gasteiger partial charge on any atom is 0.143 e. The SMILES string of the molecule is O[C@H]([C@H](O)[C@@H](O)C=C(Br)Br)[C@H](O)COC(c1ccccc1)(c1ccccc1)c1ccccc1. The van der Waals surface area contributed by atoms with Gasteiger partial charge in [0.2, 0.25) is 0 Å². The van der Waals surface area contributed by atoms with Crippen LogP contribution in [0.3, 0.4) is 0 Å². The van der Waals surface area contributed by atoms with Crippen molar-refractivity contribution in [1.29, 1.82) is 0 Å². The van der Waals surface area contributed by atoms with Gasteiger partial charge in [-0.3, -0.25) is 0 Å². The molecule has 0 aromatic heterocycles. The number of halogens is 2. The fourth-order valence-corrected chi connectivity index (χ4v) is 4.28. The Bertz CT molecular complexity index is 914. The molecule has 3 aromatic rings. The minimum atomic E-state index is -1.64. The molecule has 0 aliphatic heterocycles. The van der Waals surface area contributed by atoms with E-state index in [-0.39, 0.29) is 6.61 Å². The Morgan fingerprint density at radius 2 is 1.09 bits per heavy atom. The smallest absolute Gasteiger partial charge is 0.143 e. The van der Waals surface area contributed by atoms with Crippen LogP contribution in [-0.4, -0.2) is 51.4 Å². The van der Waals surface area contributed by atoms with E-state index in [1.165, 1.54) is 6.08 Å². The molecule has 0 aliphatic rings. The van der Waals surface area contributed by atoms with Crippen molar-refractivity contribution in [2.24, 2.45) is 0 Å². The molecule has 0 fully saturated rings. The highest BCUT2D eigenvalue weighted by atomic mass is 79.9. The van der Waals surface area contributed by atoms with E-state index in [1.807, 2.05) is 91.0 Å². The van der Waals surface area contributed by atoms with Crippen molar-refractivity contribution in [1.82, 2.24) is 0 Å². The number of ether oxygens (including phenoxy) is 1. The van der Waals surface area contributed by atoms with Crippen LogP contribution in [0.1, 0.15) is 16.7 Å². The van der Waals surface area contributed by atoms with Gasteiger partial charge in [-0.25, -0.2) is 0 Å². The summed E-state index contributed by atoms with van der Waals surface area (Å²) in [7, 11) is 0. The van der Waals surface area contributed by atoms with Crippen molar-refractivity contribution >= 4 is 31.9 Å². The van der Waals surface area contributed by atoms with E-state index in [2.05, 4.69) is 31.9 Å². The number of rotatable bonds is 10. The van der Waals surface area contributed by atoms with Crippen LogP contribution in [0.2, 0.25) is 0 Å². The normalized spacial score (nSPS) is 15.3. The van der Waals surface area contributed by atoms with E-state index in [4.69, 9.17) is 4.74 Å². The molecule has 3 rings (SSSR count). The first-order valence-electron chi connectivity index (χ1n) is 10.4. The predicted octanol–water partition coefficient (Wildman–Crippen LogP) is 4.07.